The van der Waals surface area contributed by atoms with Crippen LogP contribution in [0.4, 0.5) is 5.69 Å². The van der Waals surface area contributed by atoms with Crippen molar-refractivity contribution in [2.75, 3.05) is 24.5 Å². The van der Waals surface area contributed by atoms with E-state index in [-0.39, 0.29) is 5.91 Å². The molecule has 31 heavy (non-hydrogen) atoms. The van der Waals surface area contributed by atoms with Gasteiger partial charge in [-0.05, 0) is 71.3 Å². The van der Waals surface area contributed by atoms with E-state index in [1.807, 2.05) is 36.5 Å². The fourth-order valence-corrected chi connectivity index (χ4v) is 4.81. The number of rotatable bonds is 8. The van der Waals surface area contributed by atoms with Crippen LogP contribution in [0, 0.1) is 24.2 Å². The number of hydrogen-bond donors (Lipinski definition) is 1. The predicted molar refractivity (Wildman–Crippen MR) is 126 cm³/mol. The average Bonchev–Trinajstić information content (AvgIpc) is 3.71. The summed E-state index contributed by atoms with van der Waals surface area (Å²) in [7, 11) is 0. The van der Waals surface area contributed by atoms with E-state index in [0.29, 0.717) is 12.1 Å². The summed E-state index contributed by atoms with van der Waals surface area (Å²) in [6.45, 7) is 7.01. The van der Waals surface area contributed by atoms with Crippen LogP contribution in [0.15, 0.2) is 107 Å². The van der Waals surface area contributed by atoms with Crippen LogP contribution in [-0.4, -0.2) is 25.5 Å². The molecule has 1 saturated heterocycles. The van der Waals surface area contributed by atoms with Crippen molar-refractivity contribution in [1.29, 1.82) is 0 Å². The van der Waals surface area contributed by atoms with E-state index < -0.39 is 0 Å². The highest BCUT2D eigenvalue weighted by molar-refractivity contribution is 5.96. The van der Waals surface area contributed by atoms with Crippen molar-refractivity contribution in [2.45, 2.75) is 6.42 Å². The highest BCUT2D eigenvalue weighted by Crippen LogP contribution is 2.54. The number of piperidine rings is 1. The van der Waals surface area contributed by atoms with Gasteiger partial charge in [-0.1, -0.05) is 49.1 Å². The Morgan fingerprint density at radius 2 is 1.90 bits per heavy atom. The Morgan fingerprint density at radius 3 is 2.65 bits per heavy atom. The number of carbonyl (C=O) groups excluding carboxylic acids is 1. The number of benzene rings is 1. The van der Waals surface area contributed by atoms with Crippen molar-refractivity contribution in [3.05, 3.63) is 114 Å². The second-order valence-corrected chi connectivity index (χ2v) is 8.63. The second-order valence-electron chi connectivity index (χ2n) is 8.63. The number of anilines is 1. The van der Waals surface area contributed by atoms with Crippen LogP contribution in [0.5, 0.6) is 0 Å². The standard InChI is InChI=1S/C28H27N2O/c1-20(17-25(22-13-14-22)21-9-5-2-3-6-10-21)28(31)29-16-15-24-26-18-30(19-27(24)26)23-11-7-4-8-12-23/h2-5,7-14,17,24,26-27H,1,15-16,18-19H2,(H,29,31)/b25-17-/t24?,26-,27+. The van der Waals surface area contributed by atoms with Crippen LogP contribution in [-0.2, 0) is 4.79 Å². The molecule has 1 aromatic rings. The minimum absolute atomic E-state index is 0.0836. The summed E-state index contributed by atoms with van der Waals surface area (Å²) in [6.07, 6.45) is 16.8. The molecule has 3 atom stereocenters. The summed E-state index contributed by atoms with van der Waals surface area (Å²) in [5, 5.41) is 3.07. The minimum atomic E-state index is -0.0836. The molecular formula is C28H27N2O. The Bertz CT molecular complexity index is 1070. The van der Waals surface area contributed by atoms with E-state index >= 15 is 0 Å². The van der Waals surface area contributed by atoms with Crippen molar-refractivity contribution in [3.63, 3.8) is 0 Å². The van der Waals surface area contributed by atoms with Gasteiger partial charge in [-0.15, -0.1) is 5.73 Å². The summed E-state index contributed by atoms with van der Waals surface area (Å²) in [5.41, 5.74) is 8.14. The number of carbonyl (C=O) groups is 1. The molecule has 2 fully saturated rings. The SMILES string of the molecule is C=C(/C=C(\C1=C[CH]1)C1=CC=CC=C=C1)C(=O)NCCC1[C@H]2CN(c3ccccc3)C[C@@H]12. The van der Waals surface area contributed by atoms with Gasteiger partial charge in [-0.2, -0.15) is 0 Å². The lowest BCUT2D eigenvalue weighted by atomic mass is 10.00. The van der Waals surface area contributed by atoms with Gasteiger partial charge in [0.25, 0.3) is 5.91 Å². The van der Waals surface area contributed by atoms with Crippen molar-refractivity contribution >= 4 is 11.6 Å². The molecule has 3 nitrogen and oxygen atoms in total. The van der Waals surface area contributed by atoms with Gasteiger partial charge >= 0.3 is 0 Å². The van der Waals surface area contributed by atoms with Crippen LogP contribution >= 0.6 is 0 Å². The van der Waals surface area contributed by atoms with Gasteiger partial charge < -0.3 is 10.2 Å². The third-order valence-electron chi connectivity index (χ3n) is 6.64. The first-order valence-corrected chi connectivity index (χ1v) is 11.0. The van der Waals surface area contributed by atoms with Crippen LogP contribution in [0.3, 0.4) is 0 Å². The molecule has 1 unspecified atom stereocenters. The monoisotopic (exact) mass is 407 g/mol. The lowest BCUT2D eigenvalue weighted by molar-refractivity contribution is -0.117. The summed E-state index contributed by atoms with van der Waals surface area (Å²) in [4.78, 5) is 15.1. The van der Waals surface area contributed by atoms with E-state index in [4.69, 9.17) is 0 Å². The van der Waals surface area contributed by atoms with E-state index in [1.165, 1.54) is 5.69 Å². The van der Waals surface area contributed by atoms with Crippen LogP contribution in [0.25, 0.3) is 0 Å². The van der Waals surface area contributed by atoms with Crippen molar-refractivity contribution < 1.29 is 4.79 Å². The van der Waals surface area contributed by atoms with Crippen molar-refractivity contribution in [3.8, 4) is 0 Å². The molecule has 0 bridgehead atoms. The number of amides is 1. The van der Waals surface area contributed by atoms with E-state index in [0.717, 1.165) is 54.0 Å². The topological polar surface area (TPSA) is 32.3 Å². The maximum atomic E-state index is 12.6. The molecular weight excluding hydrogens is 380 g/mol. The fourth-order valence-electron chi connectivity index (χ4n) is 4.81. The minimum Gasteiger partial charge on any atom is -0.371 e. The van der Waals surface area contributed by atoms with E-state index in [1.54, 1.807) is 0 Å². The van der Waals surface area contributed by atoms with Crippen LogP contribution in [0.2, 0.25) is 0 Å². The zero-order valence-corrected chi connectivity index (χ0v) is 17.6. The smallest absolute Gasteiger partial charge is 0.250 e. The highest BCUT2D eigenvalue weighted by Gasteiger charge is 2.54. The molecule has 155 valence electrons. The van der Waals surface area contributed by atoms with Crippen LogP contribution < -0.4 is 10.2 Å². The molecule has 1 amide bonds. The molecule has 1 heterocycles. The largest absolute Gasteiger partial charge is 0.371 e. The van der Waals surface area contributed by atoms with Gasteiger partial charge in [0.1, 0.15) is 0 Å². The number of fused-ring (bicyclic) bond motifs is 1. The second kappa shape index (κ2) is 8.45. The van der Waals surface area contributed by atoms with E-state index in [9.17, 15) is 4.79 Å². The first-order valence-electron chi connectivity index (χ1n) is 11.0. The summed E-state index contributed by atoms with van der Waals surface area (Å²) in [5.74, 6) is 2.21. The van der Waals surface area contributed by atoms with Gasteiger partial charge in [0, 0.05) is 37.3 Å². The van der Waals surface area contributed by atoms with Crippen LogP contribution in [0.1, 0.15) is 6.42 Å². The average molecular weight is 408 g/mol. The third kappa shape index (κ3) is 4.42. The van der Waals surface area contributed by atoms with Gasteiger partial charge in [-0.25, -0.2) is 0 Å². The molecule has 0 aromatic heterocycles. The Hall–Kier alpha value is -3.29. The first-order chi connectivity index (χ1) is 15.2. The highest BCUT2D eigenvalue weighted by atomic mass is 16.1. The lowest BCUT2D eigenvalue weighted by Crippen LogP contribution is -2.28. The molecule has 0 spiro atoms. The molecule has 1 aliphatic heterocycles. The first kappa shape index (κ1) is 19.7. The van der Waals surface area contributed by atoms with Gasteiger partial charge in [0.2, 0.25) is 0 Å². The van der Waals surface area contributed by atoms with Gasteiger partial charge in [-0.3, -0.25) is 4.79 Å². The Kier molecular flexibility index (Phi) is 5.36. The quantitative estimate of drug-likeness (QED) is 0.385. The maximum absolute atomic E-state index is 12.6. The Balaban J connectivity index is 1.10. The summed E-state index contributed by atoms with van der Waals surface area (Å²) in [6, 6.07) is 10.7. The Labute approximate surface area is 184 Å². The van der Waals surface area contributed by atoms with E-state index in [2.05, 4.69) is 65.4 Å². The summed E-state index contributed by atoms with van der Waals surface area (Å²) >= 11 is 0. The normalized spacial score (nSPS) is 25.5. The summed E-state index contributed by atoms with van der Waals surface area (Å²) < 4.78 is 0. The molecule has 5 rings (SSSR count). The number of nitrogens with zero attached hydrogens (tertiary/aromatic N) is 1. The predicted octanol–water partition coefficient (Wildman–Crippen LogP) is 4.71. The fraction of sp³-hybridized carbons (Fsp3) is 0.250. The molecule has 1 N–H and O–H groups in total. The van der Waals surface area contributed by atoms with Gasteiger partial charge in [0.15, 0.2) is 0 Å². The zero-order chi connectivity index (χ0) is 21.2. The lowest BCUT2D eigenvalue weighted by Gasteiger charge is -2.22. The molecule has 4 aliphatic rings. The molecule has 1 saturated carbocycles. The maximum Gasteiger partial charge on any atom is 0.250 e. The number of nitrogens with one attached hydrogen (secondary N) is 1. The number of allylic oxidation sites excluding steroid dienone is 8. The number of para-hydroxylation sites is 1. The molecule has 1 radical (unpaired) electrons. The Morgan fingerprint density at radius 1 is 1.13 bits per heavy atom. The third-order valence-corrected chi connectivity index (χ3v) is 6.64. The molecule has 3 aliphatic carbocycles. The number of hydrogen-bond acceptors (Lipinski definition) is 2. The van der Waals surface area contributed by atoms with Crippen molar-refractivity contribution in [2.24, 2.45) is 17.8 Å². The zero-order valence-electron chi connectivity index (χ0n) is 17.6. The van der Waals surface area contributed by atoms with Crippen molar-refractivity contribution in [1.82, 2.24) is 5.32 Å². The molecule has 1 aromatic carbocycles. The van der Waals surface area contributed by atoms with Gasteiger partial charge in [0.05, 0.1) is 0 Å². The molecule has 3 heteroatoms.